The SMILES string of the molecule is CC1CCC(CN2CCC(=O)CC2=O)CC1. The van der Waals surface area contributed by atoms with Crippen LogP contribution >= 0.6 is 0 Å². The van der Waals surface area contributed by atoms with E-state index in [1.165, 1.54) is 25.7 Å². The minimum Gasteiger partial charge on any atom is -0.342 e. The zero-order chi connectivity index (χ0) is 11.5. The van der Waals surface area contributed by atoms with Crippen LogP contribution in [0.25, 0.3) is 0 Å². The first-order valence-electron chi connectivity index (χ1n) is 6.44. The lowest BCUT2D eigenvalue weighted by Crippen LogP contribution is -2.42. The first-order chi connectivity index (χ1) is 7.65. The lowest BCUT2D eigenvalue weighted by molar-refractivity contribution is -0.140. The van der Waals surface area contributed by atoms with Gasteiger partial charge in [0.15, 0.2) is 0 Å². The van der Waals surface area contributed by atoms with Crippen LogP contribution in [-0.2, 0) is 9.59 Å². The van der Waals surface area contributed by atoms with E-state index in [4.69, 9.17) is 0 Å². The van der Waals surface area contributed by atoms with E-state index in [-0.39, 0.29) is 18.1 Å². The summed E-state index contributed by atoms with van der Waals surface area (Å²) >= 11 is 0. The molecule has 0 N–H and O–H groups in total. The van der Waals surface area contributed by atoms with Gasteiger partial charge in [-0.1, -0.05) is 19.8 Å². The van der Waals surface area contributed by atoms with Crippen LogP contribution in [-0.4, -0.2) is 29.7 Å². The highest BCUT2D eigenvalue weighted by Gasteiger charge is 2.27. The highest BCUT2D eigenvalue weighted by molar-refractivity contribution is 6.00. The number of Topliss-reactive ketones (excluding diaryl/α,β-unsaturated/α-hetero) is 1. The lowest BCUT2D eigenvalue weighted by Gasteiger charge is -2.33. The molecule has 0 spiro atoms. The maximum atomic E-state index is 11.6. The van der Waals surface area contributed by atoms with Crippen molar-refractivity contribution in [3.8, 4) is 0 Å². The van der Waals surface area contributed by atoms with E-state index in [1.54, 1.807) is 0 Å². The minimum absolute atomic E-state index is 0.0508. The van der Waals surface area contributed by atoms with Gasteiger partial charge in [-0.05, 0) is 24.7 Å². The molecule has 2 aliphatic rings. The predicted molar refractivity (Wildman–Crippen MR) is 61.9 cm³/mol. The Labute approximate surface area is 97.2 Å². The van der Waals surface area contributed by atoms with Gasteiger partial charge >= 0.3 is 0 Å². The number of rotatable bonds is 2. The fourth-order valence-corrected chi connectivity index (χ4v) is 2.77. The molecule has 3 heteroatoms. The van der Waals surface area contributed by atoms with Crippen molar-refractivity contribution >= 4 is 11.7 Å². The van der Waals surface area contributed by atoms with Crippen molar-refractivity contribution in [2.75, 3.05) is 13.1 Å². The quantitative estimate of drug-likeness (QED) is 0.671. The van der Waals surface area contributed by atoms with Crippen molar-refractivity contribution in [2.24, 2.45) is 11.8 Å². The molecule has 0 bridgehead atoms. The molecule has 1 aliphatic carbocycles. The zero-order valence-corrected chi connectivity index (χ0v) is 10.1. The molecular formula is C13H21NO2. The molecule has 0 atom stereocenters. The molecule has 1 aliphatic heterocycles. The van der Waals surface area contributed by atoms with E-state index >= 15 is 0 Å². The molecule has 16 heavy (non-hydrogen) atoms. The molecule has 0 aromatic carbocycles. The minimum atomic E-state index is 0.0508. The largest absolute Gasteiger partial charge is 0.342 e. The summed E-state index contributed by atoms with van der Waals surface area (Å²) in [4.78, 5) is 24.7. The Hall–Kier alpha value is -0.860. The van der Waals surface area contributed by atoms with Crippen molar-refractivity contribution in [3.05, 3.63) is 0 Å². The van der Waals surface area contributed by atoms with Gasteiger partial charge in [-0.15, -0.1) is 0 Å². The standard InChI is InChI=1S/C13H21NO2/c1-10-2-4-11(5-3-10)9-14-7-6-12(15)8-13(14)16/h10-11H,2-9H2,1H3. The van der Waals surface area contributed by atoms with Gasteiger partial charge in [0.2, 0.25) is 5.91 Å². The predicted octanol–water partition coefficient (Wildman–Crippen LogP) is 2.00. The molecule has 2 rings (SSSR count). The Morgan fingerprint density at radius 2 is 1.88 bits per heavy atom. The van der Waals surface area contributed by atoms with Crippen LogP contribution in [0, 0.1) is 11.8 Å². The van der Waals surface area contributed by atoms with Crippen LogP contribution in [0.5, 0.6) is 0 Å². The van der Waals surface area contributed by atoms with Gasteiger partial charge in [-0.25, -0.2) is 0 Å². The number of hydrogen-bond donors (Lipinski definition) is 0. The topological polar surface area (TPSA) is 37.4 Å². The third kappa shape index (κ3) is 2.83. The second kappa shape index (κ2) is 4.98. The highest BCUT2D eigenvalue weighted by atomic mass is 16.2. The van der Waals surface area contributed by atoms with Crippen LogP contribution in [0.1, 0.15) is 45.4 Å². The number of hydrogen-bond acceptors (Lipinski definition) is 2. The first-order valence-corrected chi connectivity index (χ1v) is 6.44. The Morgan fingerprint density at radius 3 is 2.50 bits per heavy atom. The monoisotopic (exact) mass is 223 g/mol. The fourth-order valence-electron chi connectivity index (χ4n) is 2.77. The molecular weight excluding hydrogens is 202 g/mol. The number of carbonyl (C=O) groups excluding carboxylic acids is 2. The average molecular weight is 223 g/mol. The van der Waals surface area contributed by atoms with E-state index < -0.39 is 0 Å². The summed E-state index contributed by atoms with van der Waals surface area (Å²) in [6.45, 7) is 3.85. The van der Waals surface area contributed by atoms with Crippen LogP contribution in [0.2, 0.25) is 0 Å². The number of ketones is 1. The van der Waals surface area contributed by atoms with E-state index in [0.29, 0.717) is 18.9 Å². The zero-order valence-electron chi connectivity index (χ0n) is 10.1. The van der Waals surface area contributed by atoms with Crippen molar-refractivity contribution < 1.29 is 9.59 Å². The summed E-state index contributed by atoms with van der Waals surface area (Å²) in [6.07, 6.45) is 5.80. The van der Waals surface area contributed by atoms with E-state index in [2.05, 4.69) is 6.92 Å². The highest BCUT2D eigenvalue weighted by Crippen LogP contribution is 2.29. The normalized spacial score (nSPS) is 31.9. The second-order valence-electron chi connectivity index (χ2n) is 5.43. The third-order valence-electron chi connectivity index (χ3n) is 3.98. The summed E-state index contributed by atoms with van der Waals surface area (Å²) in [5, 5.41) is 0. The second-order valence-corrected chi connectivity index (χ2v) is 5.43. The summed E-state index contributed by atoms with van der Waals surface area (Å²) in [5.74, 6) is 1.69. The molecule has 0 aromatic rings. The van der Waals surface area contributed by atoms with E-state index in [1.807, 2.05) is 4.90 Å². The smallest absolute Gasteiger partial charge is 0.230 e. The summed E-state index contributed by atoms with van der Waals surface area (Å²) in [5.41, 5.74) is 0. The summed E-state index contributed by atoms with van der Waals surface area (Å²) in [6, 6.07) is 0. The van der Waals surface area contributed by atoms with Crippen LogP contribution in [0.4, 0.5) is 0 Å². The third-order valence-corrected chi connectivity index (χ3v) is 3.98. The number of piperidine rings is 1. The van der Waals surface area contributed by atoms with Gasteiger partial charge in [-0.2, -0.15) is 0 Å². The fraction of sp³-hybridized carbons (Fsp3) is 0.846. The molecule has 90 valence electrons. The summed E-state index contributed by atoms with van der Waals surface area (Å²) < 4.78 is 0. The molecule has 1 amide bonds. The average Bonchev–Trinajstić information content (AvgIpc) is 2.25. The number of nitrogens with zero attached hydrogens (tertiary/aromatic N) is 1. The van der Waals surface area contributed by atoms with Crippen molar-refractivity contribution in [3.63, 3.8) is 0 Å². The van der Waals surface area contributed by atoms with Crippen LogP contribution in [0.15, 0.2) is 0 Å². The van der Waals surface area contributed by atoms with Gasteiger partial charge in [0.05, 0.1) is 6.42 Å². The van der Waals surface area contributed by atoms with Gasteiger partial charge < -0.3 is 4.90 Å². The van der Waals surface area contributed by atoms with Crippen LogP contribution in [0.3, 0.4) is 0 Å². The molecule has 1 saturated carbocycles. The van der Waals surface area contributed by atoms with Crippen molar-refractivity contribution in [1.82, 2.24) is 4.90 Å². The number of carbonyl (C=O) groups is 2. The number of amides is 1. The van der Waals surface area contributed by atoms with Crippen LogP contribution < -0.4 is 0 Å². The Morgan fingerprint density at radius 1 is 1.19 bits per heavy atom. The maximum Gasteiger partial charge on any atom is 0.230 e. The van der Waals surface area contributed by atoms with Gasteiger partial charge in [0, 0.05) is 19.5 Å². The van der Waals surface area contributed by atoms with Crippen molar-refractivity contribution in [2.45, 2.75) is 45.4 Å². The first kappa shape index (κ1) is 11.6. The summed E-state index contributed by atoms with van der Waals surface area (Å²) in [7, 11) is 0. The van der Waals surface area contributed by atoms with E-state index in [0.717, 1.165) is 12.5 Å². The Kier molecular flexibility index (Phi) is 3.62. The molecule has 0 unspecified atom stereocenters. The lowest BCUT2D eigenvalue weighted by atomic mass is 9.82. The maximum absolute atomic E-state index is 11.6. The van der Waals surface area contributed by atoms with Gasteiger partial charge in [0.25, 0.3) is 0 Å². The van der Waals surface area contributed by atoms with Gasteiger partial charge in [-0.3, -0.25) is 9.59 Å². The molecule has 1 saturated heterocycles. The molecule has 1 heterocycles. The molecule has 0 radical (unpaired) electrons. The number of likely N-dealkylation sites (tertiary alicyclic amines) is 1. The molecule has 2 fully saturated rings. The molecule has 0 aromatic heterocycles. The van der Waals surface area contributed by atoms with E-state index in [9.17, 15) is 9.59 Å². The Bertz CT molecular complexity index is 280. The Balaban J connectivity index is 1.81. The van der Waals surface area contributed by atoms with Crippen molar-refractivity contribution in [1.29, 1.82) is 0 Å². The van der Waals surface area contributed by atoms with Gasteiger partial charge in [0.1, 0.15) is 5.78 Å². The molecule has 3 nitrogen and oxygen atoms in total.